The maximum absolute atomic E-state index is 13.0. The lowest BCUT2D eigenvalue weighted by atomic mass is 10.1. The van der Waals surface area contributed by atoms with Gasteiger partial charge in [-0.05, 0) is 54.1 Å². The van der Waals surface area contributed by atoms with E-state index in [0.717, 1.165) is 32.1 Å². The number of benzene rings is 2. The number of carbonyl (C=O) groups excluding carboxylic acids is 1. The Kier molecular flexibility index (Phi) is 5.46. The van der Waals surface area contributed by atoms with Crippen molar-refractivity contribution in [2.75, 3.05) is 21.3 Å². The third-order valence-corrected chi connectivity index (χ3v) is 5.56. The summed E-state index contributed by atoms with van der Waals surface area (Å²) < 4.78 is 16.7. The van der Waals surface area contributed by atoms with Crippen molar-refractivity contribution in [3.63, 3.8) is 0 Å². The number of ketones is 1. The van der Waals surface area contributed by atoms with Gasteiger partial charge >= 0.3 is 0 Å². The van der Waals surface area contributed by atoms with Gasteiger partial charge in [0, 0.05) is 27.0 Å². The lowest BCUT2D eigenvalue weighted by molar-refractivity contribution is 0.104. The van der Waals surface area contributed by atoms with Gasteiger partial charge in [-0.1, -0.05) is 15.9 Å². The zero-order valence-corrected chi connectivity index (χ0v) is 18.2. The smallest absolute Gasteiger partial charge is 0.206 e. The Balaban J connectivity index is 1.73. The molecule has 0 unspecified atom stereocenters. The molecular weight excluding hydrogens is 448 g/mol. The van der Waals surface area contributed by atoms with E-state index in [9.17, 15) is 4.79 Å². The Morgan fingerprint density at radius 3 is 2.50 bits per heavy atom. The maximum Gasteiger partial charge on any atom is 0.206 e. The molecule has 2 heterocycles. The molecule has 6 nitrogen and oxygen atoms in total. The third-order valence-electron chi connectivity index (χ3n) is 4.88. The normalized spacial score (nSPS) is 11.3. The molecule has 4 rings (SSSR count). The van der Waals surface area contributed by atoms with Crippen LogP contribution in [0.15, 0.2) is 53.1 Å². The molecule has 0 aliphatic carbocycles. The number of ether oxygens (including phenoxy) is 3. The van der Waals surface area contributed by atoms with E-state index in [4.69, 9.17) is 14.2 Å². The van der Waals surface area contributed by atoms with E-state index in [1.807, 2.05) is 24.3 Å². The monoisotopic (exact) mass is 466 g/mol. The minimum absolute atomic E-state index is 0.208. The van der Waals surface area contributed by atoms with Crippen molar-refractivity contribution in [2.45, 2.75) is 0 Å². The lowest BCUT2D eigenvalue weighted by Gasteiger charge is -2.09. The van der Waals surface area contributed by atoms with Crippen LogP contribution in [-0.4, -0.2) is 37.1 Å². The highest BCUT2D eigenvalue weighted by molar-refractivity contribution is 9.10. The van der Waals surface area contributed by atoms with Gasteiger partial charge in [0.2, 0.25) is 5.78 Å². The fraction of sp³-hybridized carbons (Fsp3) is 0.130. The third kappa shape index (κ3) is 3.52. The van der Waals surface area contributed by atoms with Gasteiger partial charge in [-0.25, -0.2) is 0 Å². The largest absolute Gasteiger partial charge is 0.497 e. The molecule has 0 atom stereocenters. The number of fused-ring (bicyclic) bond motifs is 3. The number of aromatic nitrogens is 2. The van der Waals surface area contributed by atoms with Crippen LogP contribution in [0.5, 0.6) is 17.2 Å². The summed E-state index contributed by atoms with van der Waals surface area (Å²) in [6, 6.07) is 11.2. The second kappa shape index (κ2) is 8.20. The van der Waals surface area contributed by atoms with Crippen molar-refractivity contribution in [1.29, 1.82) is 0 Å². The van der Waals surface area contributed by atoms with E-state index in [1.54, 1.807) is 45.7 Å². The molecule has 0 bridgehead atoms. The Morgan fingerprint density at radius 1 is 1.00 bits per heavy atom. The second-order valence-electron chi connectivity index (χ2n) is 6.54. The summed E-state index contributed by atoms with van der Waals surface area (Å²) in [7, 11) is 4.77. The van der Waals surface area contributed by atoms with Gasteiger partial charge in [0.25, 0.3) is 0 Å². The summed E-state index contributed by atoms with van der Waals surface area (Å²) in [5.74, 6) is 1.73. The number of halogens is 1. The van der Waals surface area contributed by atoms with Gasteiger partial charge in [-0.2, -0.15) is 0 Å². The number of nitrogens with zero attached hydrogens (tertiary/aromatic N) is 1. The lowest BCUT2D eigenvalue weighted by Crippen LogP contribution is -1.99. The number of methoxy groups -OCH3 is 3. The van der Waals surface area contributed by atoms with Crippen LogP contribution in [0.25, 0.3) is 27.9 Å². The quantitative estimate of drug-likeness (QED) is 0.304. The molecule has 1 N–H and O–H groups in total. The Bertz CT molecular complexity index is 1290. The molecule has 0 saturated heterocycles. The number of hydrogen-bond acceptors (Lipinski definition) is 5. The molecule has 0 aliphatic rings. The van der Waals surface area contributed by atoms with Crippen LogP contribution in [0.3, 0.4) is 0 Å². The van der Waals surface area contributed by atoms with Gasteiger partial charge in [-0.15, -0.1) is 0 Å². The first-order valence-electron chi connectivity index (χ1n) is 9.14. The van der Waals surface area contributed by atoms with Crippen molar-refractivity contribution in [2.24, 2.45) is 0 Å². The summed E-state index contributed by atoms with van der Waals surface area (Å²) >= 11 is 3.50. The first kappa shape index (κ1) is 20.0. The van der Waals surface area contributed by atoms with E-state index in [1.165, 1.54) is 6.08 Å². The molecule has 0 fully saturated rings. The van der Waals surface area contributed by atoms with Crippen LogP contribution in [0.1, 0.15) is 16.1 Å². The average Bonchev–Trinajstić information content (AvgIpc) is 3.15. The summed E-state index contributed by atoms with van der Waals surface area (Å²) in [5, 5.41) is 1.90. The molecule has 2 aromatic heterocycles. The van der Waals surface area contributed by atoms with Crippen LogP contribution in [0, 0.1) is 0 Å². The van der Waals surface area contributed by atoms with E-state index in [-0.39, 0.29) is 5.78 Å². The predicted molar refractivity (Wildman–Crippen MR) is 121 cm³/mol. The van der Waals surface area contributed by atoms with Crippen LogP contribution in [-0.2, 0) is 0 Å². The minimum atomic E-state index is -0.208. The second-order valence-corrected chi connectivity index (χ2v) is 7.40. The fourth-order valence-electron chi connectivity index (χ4n) is 3.36. The molecular formula is C23H19BrN2O4. The molecule has 0 radical (unpaired) electrons. The van der Waals surface area contributed by atoms with Crippen LogP contribution in [0.4, 0.5) is 0 Å². The van der Waals surface area contributed by atoms with E-state index < -0.39 is 0 Å². The zero-order chi connectivity index (χ0) is 21.3. The van der Waals surface area contributed by atoms with E-state index in [2.05, 4.69) is 25.9 Å². The van der Waals surface area contributed by atoms with Crippen molar-refractivity contribution in [3.05, 3.63) is 64.4 Å². The number of rotatable bonds is 6. The highest BCUT2D eigenvalue weighted by Crippen LogP contribution is 2.34. The highest BCUT2D eigenvalue weighted by Gasteiger charge is 2.15. The molecule has 30 heavy (non-hydrogen) atoms. The van der Waals surface area contributed by atoms with Crippen LogP contribution < -0.4 is 14.2 Å². The summed E-state index contributed by atoms with van der Waals surface area (Å²) in [5.41, 5.74) is 2.76. The fourth-order valence-corrected chi connectivity index (χ4v) is 3.81. The van der Waals surface area contributed by atoms with Crippen molar-refractivity contribution < 1.29 is 19.0 Å². The first-order chi connectivity index (χ1) is 14.5. The molecule has 152 valence electrons. The Morgan fingerprint density at radius 2 is 1.77 bits per heavy atom. The maximum atomic E-state index is 13.0. The van der Waals surface area contributed by atoms with Gasteiger partial charge in [-0.3, -0.25) is 9.78 Å². The Labute approximate surface area is 181 Å². The van der Waals surface area contributed by atoms with Crippen molar-refractivity contribution in [1.82, 2.24) is 9.97 Å². The molecule has 0 spiro atoms. The zero-order valence-electron chi connectivity index (χ0n) is 16.7. The van der Waals surface area contributed by atoms with Crippen molar-refractivity contribution >= 4 is 49.6 Å². The topological polar surface area (TPSA) is 73.4 Å². The number of aromatic amines is 1. The van der Waals surface area contributed by atoms with Crippen molar-refractivity contribution in [3.8, 4) is 17.2 Å². The van der Waals surface area contributed by atoms with Crippen LogP contribution in [0.2, 0.25) is 0 Å². The molecule has 2 aromatic carbocycles. The standard InChI is InChI=1S/C23H19BrN2O4/c1-28-14-5-6-18-16(11-14)15-8-9-25-23(22(15)26-18)19(27)7-4-13-10-20(29-2)21(30-3)12-17(13)24/h4-12,26H,1-3H3/b7-4+. The average molecular weight is 467 g/mol. The molecule has 0 aliphatic heterocycles. The molecule has 7 heteroatoms. The highest BCUT2D eigenvalue weighted by atomic mass is 79.9. The van der Waals surface area contributed by atoms with Crippen LogP contribution >= 0.6 is 15.9 Å². The number of H-pyrrole nitrogens is 1. The van der Waals surface area contributed by atoms with Gasteiger partial charge in [0.15, 0.2) is 11.5 Å². The number of pyridine rings is 1. The number of carbonyl (C=O) groups is 1. The SMILES string of the molecule is COc1ccc2[nH]c3c(C(=O)/C=C/c4cc(OC)c(OC)cc4Br)nccc3c2c1. The Hall–Kier alpha value is -3.32. The van der Waals surface area contributed by atoms with E-state index in [0.29, 0.717) is 22.7 Å². The first-order valence-corrected chi connectivity index (χ1v) is 9.93. The minimum Gasteiger partial charge on any atom is -0.497 e. The predicted octanol–water partition coefficient (Wildman–Crippen LogP) is 5.40. The van der Waals surface area contributed by atoms with Gasteiger partial charge < -0.3 is 19.2 Å². The summed E-state index contributed by atoms with van der Waals surface area (Å²) in [6.45, 7) is 0. The molecule has 0 amide bonds. The molecule has 0 saturated carbocycles. The van der Waals surface area contributed by atoms with E-state index >= 15 is 0 Å². The number of allylic oxidation sites excluding steroid dienone is 1. The van der Waals surface area contributed by atoms with Gasteiger partial charge in [0.1, 0.15) is 11.4 Å². The summed E-state index contributed by atoms with van der Waals surface area (Å²) in [6.07, 6.45) is 4.86. The summed E-state index contributed by atoms with van der Waals surface area (Å²) in [4.78, 5) is 20.6. The number of nitrogens with one attached hydrogen (secondary N) is 1. The molecule has 4 aromatic rings. The number of hydrogen-bond donors (Lipinski definition) is 1. The van der Waals surface area contributed by atoms with Gasteiger partial charge in [0.05, 0.1) is 26.8 Å².